The quantitative estimate of drug-likeness (QED) is 0.394. The van der Waals surface area contributed by atoms with E-state index in [1.54, 1.807) is 19.1 Å². The van der Waals surface area contributed by atoms with Crippen LogP contribution in [-0.2, 0) is 4.79 Å². The fraction of sp³-hybridized carbons (Fsp3) is 0.118. The first-order valence-corrected chi connectivity index (χ1v) is 8.52. The summed E-state index contributed by atoms with van der Waals surface area (Å²) in [6.07, 6.45) is 0. The molecule has 0 radical (unpaired) electrons. The molecule has 132 valence electrons. The van der Waals surface area contributed by atoms with Crippen LogP contribution in [0.2, 0.25) is 0 Å². The lowest BCUT2D eigenvalue weighted by Crippen LogP contribution is -2.26. The van der Waals surface area contributed by atoms with Crippen LogP contribution in [0, 0.1) is 10.1 Å². The van der Waals surface area contributed by atoms with Gasteiger partial charge in [0.15, 0.2) is 5.13 Å². The summed E-state index contributed by atoms with van der Waals surface area (Å²) in [6.45, 7) is 1.75. The molecule has 0 spiro atoms. The van der Waals surface area contributed by atoms with Gasteiger partial charge in [0.25, 0.3) is 11.6 Å². The number of hydrazone groups is 1. The molecule has 2 aromatic carbocycles. The number of non-ortho nitro benzene ring substituents is 1. The van der Waals surface area contributed by atoms with Gasteiger partial charge in [-0.05, 0) is 36.8 Å². The average molecular weight is 369 g/mol. The van der Waals surface area contributed by atoms with Gasteiger partial charge in [0.05, 0.1) is 27.4 Å². The monoisotopic (exact) mass is 369 g/mol. The second kappa shape index (κ2) is 7.70. The molecule has 1 amide bonds. The van der Waals surface area contributed by atoms with Crippen molar-refractivity contribution in [2.24, 2.45) is 5.10 Å². The number of amides is 1. The maximum atomic E-state index is 11.9. The van der Waals surface area contributed by atoms with Crippen molar-refractivity contribution in [3.8, 4) is 0 Å². The zero-order valence-electron chi connectivity index (χ0n) is 13.8. The number of nitrogens with one attached hydrogen (secondary N) is 2. The van der Waals surface area contributed by atoms with Crippen LogP contribution in [-0.4, -0.2) is 28.1 Å². The van der Waals surface area contributed by atoms with Crippen molar-refractivity contribution >= 4 is 44.0 Å². The fourth-order valence-electron chi connectivity index (χ4n) is 2.18. The number of thiazole rings is 1. The van der Waals surface area contributed by atoms with Crippen molar-refractivity contribution in [3.05, 3.63) is 64.2 Å². The number of carbonyl (C=O) groups is 1. The number of anilines is 1. The molecule has 2 N–H and O–H groups in total. The lowest BCUT2D eigenvalue weighted by atomic mass is 10.1. The molecule has 0 unspecified atom stereocenters. The number of rotatable bonds is 6. The minimum Gasteiger partial charge on any atom is -0.352 e. The molecule has 0 saturated carbocycles. The molecule has 0 saturated heterocycles. The van der Waals surface area contributed by atoms with Gasteiger partial charge in [0.2, 0.25) is 0 Å². The number of benzene rings is 2. The Balaban J connectivity index is 1.55. The summed E-state index contributed by atoms with van der Waals surface area (Å²) >= 11 is 1.47. The van der Waals surface area contributed by atoms with Gasteiger partial charge in [-0.1, -0.05) is 23.5 Å². The third kappa shape index (κ3) is 4.19. The highest BCUT2D eigenvalue weighted by Gasteiger charge is 2.07. The summed E-state index contributed by atoms with van der Waals surface area (Å²) in [4.78, 5) is 26.5. The minimum absolute atomic E-state index is 0.00520. The highest BCUT2D eigenvalue weighted by molar-refractivity contribution is 7.22. The molecule has 1 heterocycles. The second-order valence-electron chi connectivity index (χ2n) is 5.38. The van der Waals surface area contributed by atoms with E-state index in [0.717, 1.165) is 10.2 Å². The van der Waals surface area contributed by atoms with Crippen LogP contribution in [0.1, 0.15) is 12.5 Å². The average Bonchev–Trinajstić information content (AvgIpc) is 3.07. The standard InChI is InChI=1S/C17H15N5O3S/c1-11(12-6-8-13(9-7-12)22(24)25)20-21-16(23)10-18-17-19-14-4-2-3-5-15(14)26-17/h2-9H,10H2,1H3,(H,18,19)(H,21,23)/b20-11-. The first kappa shape index (κ1) is 17.5. The molecule has 9 heteroatoms. The summed E-state index contributed by atoms with van der Waals surface area (Å²) in [6, 6.07) is 13.7. The maximum absolute atomic E-state index is 11.9. The van der Waals surface area contributed by atoms with Crippen LogP contribution < -0.4 is 10.7 Å². The first-order chi connectivity index (χ1) is 12.5. The van der Waals surface area contributed by atoms with Crippen molar-refractivity contribution in [2.45, 2.75) is 6.92 Å². The number of carbonyl (C=O) groups excluding carboxylic acids is 1. The van der Waals surface area contributed by atoms with Crippen molar-refractivity contribution in [1.29, 1.82) is 0 Å². The number of aromatic nitrogens is 1. The van der Waals surface area contributed by atoms with Crippen LogP contribution in [0.4, 0.5) is 10.8 Å². The van der Waals surface area contributed by atoms with E-state index in [2.05, 4.69) is 20.8 Å². The van der Waals surface area contributed by atoms with Gasteiger partial charge in [-0.3, -0.25) is 14.9 Å². The second-order valence-corrected chi connectivity index (χ2v) is 6.41. The predicted molar refractivity (Wildman–Crippen MR) is 102 cm³/mol. The van der Waals surface area contributed by atoms with E-state index in [4.69, 9.17) is 0 Å². The van der Waals surface area contributed by atoms with Gasteiger partial charge in [-0.2, -0.15) is 5.10 Å². The Morgan fingerprint density at radius 3 is 2.65 bits per heavy atom. The smallest absolute Gasteiger partial charge is 0.269 e. The molecule has 0 aliphatic carbocycles. The van der Waals surface area contributed by atoms with Crippen molar-refractivity contribution in [2.75, 3.05) is 11.9 Å². The molecular weight excluding hydrogens is 354 g/mol. The molecule has 0 aliphatic rings. The number of nitrogens with zero attached hydrogens (tertiary/aromatic N) is 3. The van der Waals surface area contributed by atoms with Gasteiger partial charge in [0, 0.05) is 12.1 Å². The van der Waals surface area contributed by atoms with Gasteiger partial charge >= 0.3 is 0 Å². The third-order valence-corrected chi connectivity index (χ3v) is 4.53. The van der Waals surface area contributed by atoms with Crippen LogP contribution in [0.3, 0.4) is 0 Å². The Kier molecular flexibility index (Phi) is 5.18. The highest BCUT2D eigenvalue weighted by atomic mass is 32.1. The van der Waals surface area contributed by atoms with Gasteiger partial charge in [-0.15, -0.1) is 0 Å². The predicted octanol–water partition coefficient (Wildman–Crippen LogP) is 3.16. The first-order valence-electron chi connectivity index (χ1n) is 7.70. The Morgan fingerprint density at radius 1 is 1.23 bits per heavy atom. The molecule has 0 aliphatic heterocycles. The molecule has 26 heavy (non-hydrogen) atoms. The summed E-state index contributed by atoms with van der Waals surface area (Å²) in [5, 5.41) is 18.3. The van der Waals surface area contributed by atoms with E-state index in [1.807, 2.05) is 24.3 Å². The summed E-state index contributed by atoms with van der Waals surface area (Å²) in [7, 11) is 0. The van der Waals surface area contributed by atoms with E-state index in [0.29, 0.717) is 16.4 Å². The van der Waals surface area contributed by atoms with E-state index in [9.17, 15) is 14.9 Å². The van der Waals surface area contributed by atoms with Crippen LogP contribution in [0.15, 0.2) is 53.6 Å². The van der Waals surface area contributed by atoms with Crippen molar-refractivity contribution < 1.29 is 9.72 Å². The van der Waals surface area contributed by atoms with Crippen LogP contribution in [0.5, 0.6) is 0 Å². The molecule has 0 fully saturated rings. The number of nitro benzene ring substituents is 1. The Hall–Kier alpha value is -3.33. The zero-order valence-corrected chi connectivity index (χ0v) is 14.6. The van der Waals surface area contributed by atoms with Crippen LogP contribution >= 0.6 is 11.3 Å². The Morgan fingerprint density at radius 2 is 1.96 bits per heavy atom. The highest BCUT2D eigenvalue weighted by Crippen LogP contribution is 2.24. The van der Waals surface area contributed by atoms with Crippen molar-refractivity contribution in [3.63, 3.8) is 0 Å². The molecular formula is C17H15N5O3S. The molecule has 0 atom stereocenters. The topological polar surface area (TPSA) is 110 Å². The van der Waals surface area contributed by atoms with E-state index in [1.165, 1.54) is 23.5 Å². The number of fused-ring (bicyclic) bond motifs is 1. The Bertz CT molecular complexity index is 948. The zero-order chi connectivity index (χ0) is 18.5. The normalized spacial score (nSPS) is 11.3. The van der Waals surface area contributed by atoms with Crippen molar-refractivity contribution in [1.82, 2.24) is 10.4 Å². The van der Waals surface area contributed by atoms with Gasteiger partial charge in [-0.25, -0.2) is 10.4 Å². The van der Waals surface area contributed by atoms with E-state index in [-0.39, 0.29) is 18.1 Å². The molecule has 1 aromatic heterocycles. The number of hydrogen-bond acceptors (Lipinski definition) is 7. The minimum atomic E-state index is -0.467. The summed E-state index contributed by atoms with van der Waals surface area (Å²) < 4.78 is 1.04. The lowest BCUT2D eigenvalue weighted by molar-refractivity contribution is -0.384. The Labute approximate surface area is 152 Å². The summed E-state index contributed by atoms with van der Waals surface area (Å²) in [5.74, 6) is -0.314. The number of hydrogen-bond donors (Lipinski definition) is 2. The summed E-state index contributed by atoms with van der Waals surface area (Å²) in [5.41, 5.74) is 4.58. The van der Waals surface area contributed by atoms with Gasteiger partial charge < -0.3 is 5.32 Å². The van der Waals surface area contributed by atoms with E-state index >= 15 is 0 Å². The molecule has 3 rings (SSSR count). The third-order valence-electron chi connectivity index (χ3n) is 3.54. The number of nitro groups is 1. The largest absolute Gasteiger partial charge is 0.352 e. The number of para-hydroxylation sites is 1. The SMILES string of the molecule is C/C(=N/NC(=O)CNc1nc2ccccc2s1)c1ccc([N+](=O)[O-])cc1. The molecule has 0 bridgehead atoms. The van der Waals surface area contributed by atoms with Crippen LogP contribution in [0.25, 0.3) is 10.2 Å². The fourth-order valence-corrected chi connectivity index (χ4v) is 3.04. The molecule has 3 aromatic rings. The molecule has 8 nitrogen and oxygen atoms in total. The van der Waals surface area contributed by atoms with E-state index < -0.39 is 4.92 Å². The van der Waals surface area contributed by atoms with Gasteiger partial charge in [0.1, 0.15) is 0 Å². The maximum Gasteiger partial charge on any atom is 0.269 e. The lowest BCUT2D eigenvalue weighted by Gasteiger charge is -2.03.